The number of para-hydroxylation sites is 2. The molecule has 3 aromatic carbocycles. The van der Waals surface area contributed by atoms with E-state index in [1.807, 2.05) is 72.8 Å². The fraction of sp³-hybridized carbons (Fsp3) is 0.355. The molecule has 0 aliphatic carbocycles. The van der Waals surface area contributed by atoms with Gasteiger partial charge < -0.3 is 28.3 Å². The summed E-state index contributed by atoms with van der Waals surface area (Å²) in [5.74, 6) is 1.82. The molecular weight excluding hydrogens is 496 g/mol. The van der Waals surface area contributed by atoms with Gasteiger partial charge in [-0.3, -0.25) is 0 Å². The summed E-state index contributed by atoms with van der Waals surface area (Å²) in [7, 11) is 1.64. The zero-order chi connectivity index (χ0) is 27.5. The van der Waals surface area contributed by atoms with Crippen LogP contribution in [0.4, 0.5) is 6.01 Å². The van der Waals surface area contributed by atoms with E-state index in [2.05, 4.69) is 11.8 Å². The summed E-state index contributed by atoms with van der Waals surface area (Å²) in [5, 5.41) is 0. The van der Waals surface area contributed by atoms with Crippen LogP contribution < -0.4 is 19.1 Å². The van der Waals surface area contributed by atoms with Crippen LogP contribution in [0.3, 0.4) is 0 Å². The lowest BCUT2D eigenvalue weighted by molar-refractivity contribution is -0.151. The van der Waals surface area contributed by atoms with Crippen LogP contribution in [-0.2, 0) is 16.1 Å². The van der Waals surface area contributed by atoms with E-state index < -0.39 is 6.10 Å². The van der Waals surface area contributed by atoms with E-state index in [0.29, 0.717) is 38.1 Å². The Bertz CT molecular complexity index is 1290. The molecular formula is C31H36N2O6. The molecule has 4 rings (SSSR count). The van der Waals surface area contributed by atoms with Crippen molar-refractivity contribution in [3.05, 3.63) is 78.4 Å². The van der Waals surface area contributed by atoms with Crippen molar-refractivity contribution in [3.63, 3.8) is 0 Å². The van der Waals surface area contributed by atoms with Gasteiger partial charge in [0.05, 0.1) is 20.3 Å². The number of benzene rings is 3. The second kappa shape index (κ2) is 14.1. The van der Waals surface area contributed by atoms with Gasteiger partial charge in [-0.1, -0.05) is 37.6 Å². The van der Waals surface area contributed by atoms with Crippen LogP contribution >= 0.6 is 0 Å². The maximum atomic E-state index is 12.2. The summed E-state index contributed by atoms with van der Waals surface area (Å²) in [6, 6.07) is 23.5. The monoisotopic (exact) mass is 532 g/mol. The second-order valence-electron chi connectivity index (χ2n) is 9.19. The summed E-state index contributed by atoms with van der Waals surface area (Å²) in [6.07, 6.45) is 1.86. The summed E-state index contributed by atoms with van der Waals surface area (Å²) < 4.78 is 28.4. The van der Waals surface area contributed by atoms with Gasteiger partial charge in [0.1, 0.15) is 22.8 Å². The highest BCUT2D eigenvalue weighted by Gasteiger charge is 2.18. The van der Waals surface area contributed by atoms with Gasteiger partial charge in [-0.2, -0.15) is 4.98 Å². The number of anilines is 1. The molecule has 0 amide bonds. The van der Waals surface area contributed by atoms with E-state index in [1.54, 1.807) is 14.0 Å². The topological polar surface area (TPSA) is 83.3 Å². The molecule has 1 unspecified atom stereocenters. The predicted octanol–water partition coefficient (Wildman–Crippen LogP) is 6.42. The molecule has 0 fully saturated rings. The van der Waals surface area contributed by atoms with Gasteiger partial charge in [-0.05, 0) is 73.9 Å². The Labute approximate surface area is 229 Å². The Morgan fingerprint density at radius 3 is 2.51 bits per heavy atom. The Morgan fingerprint density at radius 1 is 0.949 bits per heavy atom. The van der Waals surface area contributed by atoms with Crippen molar-refractivity contribution in [1.29, 1.82) is 0 Å². The minimum atomic E-state index is -0.694. The third-order valence-electron chi connectivity index (χ3n) is 6.11. The molecule has 39 heavy (non-hydrogen) atoms. The first-order chi connectivity index (χ1) is 19.1. The molecule has 0 saturated carbocycles. The highest BCUT2D eigenvalue weighted by molar-refractivity contribution is 5.75. The van der Waals surface area contributed by atoms with Crippen LogP contribution in [0.15, 0.2) is 77.2 Å². The smallest absolute Gasteiger partial charge is 0.347 e. The fourth-order valence-electron chi connectivity index (χ4n) is 3.98. The maximum absolute atomic E-state index is 12.2. The first kappa shape index (κ1) is 27.8. The molecule has 0 N–H and O–H groups in total. The van der Waals surface area contributed by atoms with Gasteiger partial charge in [0.15, 0.2) is 11.7 Å². The molecule has 8 heteroatoms. The van der Waals surface area contributed by atoms with Crippen LogP contribution in [0.1, 0.15) is 38.7 Å². The number of oxazole rings is 1. The quantitative estimate of drug-likeness (QED) is 0.128. The van der Waals surface area contributed by atoms with Crippen molar-refractivity contribution in [3.8, 4) is 17.2 Å². The number of ether oxygens (including phenoxy) is 4. The van der Waals surface area contributed by atoms with Gasteiger partial charge in [0, 0.05) is 13.1 Å². The zero-order valence-corrected chi connectivity index (χ0v) is 22.8. The third-order valence-corrected chi connectivity index (χ3v) is 6.11. The number of fused-ring (bicyclic) bond motifs is 1. The van der Waals surface area contributed by atoms with E-state index in [4.69, 9.17) is 28.3 Å². The van der Waals surface area contributed by atoms with Crippen LogP contribution in [-0.4, -0.2) is 43.9 Å². The van der Waals surface area contributed by atoms with Gasteiger partial charge >= 0.3 is 5.97 Å². The van der Waals surface area contributed by atoms with Gasteiger partial charge in [0.25, 0.3) is 6.01 Å². The third kappa shape index (κ3) is 8.14. The Balaban J connectivity index is 1.41. The summed E-state index contributed by atoms with van der Waals surface area (Å²) >= 11 is 0. The van der Waals surface area contributed by atoms with E-state index in [9.17, 15) is 4.79 Å². The molecule has 206 valence electrons. The van der Waals surface area contributed by atoms with Crippen molar-refractivity contribution in [2.45, 2.75) is 45.8 Å². The standard InChI is InChI=1S/C31H36N2O6/c1-4-5-19-37-30(34)23(2)38-27-11-8-10-24(21-27)22-33(31-32-28-12-6-7-13-29(28)39-31)18-9-20-36-26-16-14-25(35-3)15-17-26/h6-8,10-17,21,23H,4-5,9,18-20,22H2,1-3H3. The number of hydrogen-bond donors (Lipinski definition) is 0. The number of esters is 1. The molecule has 0 bridgehead atoms. The minimum Gasteiger partial charge on any atom is -0.497 e. The Kier molecular flexibility index (Phi) is 10.1. The number of aromatic nitrogens is 1. The van der Waals surface area contributed by atoms with E-state index >= 15 is 0 Å². The van der Waals surface area contributed by atoms with Crippen LogP contribution in [0.5, 0.6) is 17.2 Å². The van der Waals surface area contributed by atoms with Crippen LogP contribution in [0.25, 0.3) is 11.1 Å². The van der Waals surface area contributed by atoms with E-state index in [1.165, 1.54) is 0 Å². The number of rotatable bonds is 15. The molecule has 0 saturated heterocycles. The van der Waals surface area contributed by atoms with E-state index in [-0.39, 0.29) is 5.97 Å². The number of carbonyl (C=O) groups is 1. The Morgan fingerprint density at radius 2 is 1.74 bits per heavy atom. The second-order valence-corrected chi connectivity index (χ2v) is 9.19. The first-order valence-corrected chi connectivity index (χ1v) is 13.4. The number of unbranched alkanes of at least 4 members (excludes halogenated alkanes) is 1. The van der Waals surface area contributed by atoms with Crippen molar-refractivity contribution in [2.75, 3.05) is 31.8 Å². The predicted molar refractivity (Wildman–Crippen MR) is 151 cm³/mol. The SMILES string of the molecule is CCCCOC(=O)C(C)Oc1cccc(CN(CCCOc2ccc(OC)cc2)c2nc3ccccc3o2)c1. The maximum Gasteiger partial charge on any atom is 0.347 e. The van der Waals surface area contributed by atoms with Crippen LogP contribution in [0, 0.1) is 0 Å². The normalized spacial score (nSPS) is 11.7. The summed E-state index contributed by atoms with van der Waals surface area (Å²) in [5.41, 5.74) is 2.54. The average molecular weight is 533 g/mol. The average Bonchev–Trinajstić information content (AvgIpc) is 3.39. The lowest BCUT2D eigenvalue weighted by atomic mass is 10.2. The largest absolute Gasteiger partial charge is 0.497 e. The number of hydrogen-bond acceptors (Lipinski definition) is 8. The van der Waals surface area contributed by atoms with Crippen molar-refractivity contribution in [1.82, 2.24) is 4.98 Å². The molecule has 1 atom stereocenters. The van der Waals surface area contributed by atoms with Gasteiger partial charge in [-0.15, -0.1) is 0 Å². The summed E-state index contributed by atoms with van der Waals surface area (Å²) in [6.45, 7) is 5.90. The molecule has 1 heterocycles. The molecule has 4 aromatic rings. The molecule has 0 aliphatic rings. The highest BCUT2D eigenvalue weighted by atomic mass is 16.6. The molecule has 0 aliphatic heterocycles. The van der Waals surface area contributed by atoms with Gasteiger partial charge in [-0.25, -0.2) is 4.79 Å². The number of methoxy groups -OCH3 is 1. The molecule has 0 radical (unpaired) electrons. The van der Waals surface area contributed by atoms with E-state index in [0.717, 1.165) is 47.4 Å². The fourth-order valence-corrected chi connectivity index (χ4v) is 3.98. The van der Waals surface area contributed by atoms with Crippen molar-refractivity contribution in [2.24, 2.45) is 0 Å². The Hall–Kier alpha value is -4.20. The molecule has 0 spiro atoms. The lowest BCUT2D eigenvalue weighted by Crippen LogP contribution is -2.27. The van der Waals surface area contributed by atoms with Crippen molar-refractivity contribution >= 4 is 23.1 Å². The number of nitrogens with zero attached hydrogens (tertiary/aromatic N) is 2. The zero-order valence-electron chi connectivity index (χ0n) is 22.8. The number of carbonyl (C=O) groups excluding carboxylic acids is 1. The molecule has 1 aromatic heterocycles. The van der Waals surface area contributed by atoms with Gasteiger partial charge in [0.2, 0.25) is 0 Å². The lowest BCUT2D eigenvalue weighted by Gasteiger charge is -2.21. The summed E-state index contributed by atoms with van der Waals surface area (Å²) in [4.78, 5) is 19.0. The highest BCUT2D eigenvalue weighted by Crippen LogP contribution is 2.25. The first-order valence-electron chi connectivity index (χ1n) is 13.4. The van der Waals surface area contributed by atoms with Crippen molar-refractivity contribution < 1.29 is 28.2 Å². The minimum absolute atomic E-state index is 0.362. The van der Waals surface area contributed by atoms with Crippen LogP contribution in [0.2, 0.25) is 0 Å². The molecule has 8 nitrogen and oxygen atoms in total.